The van der Waals surface area contributed by atoms with Crippen molar-refractivity contribution in [2.24, 2.45) is 0 Å². The van der Waals surface area contributed by atoms with Gasteiger partial charge in [0.1, 0.15) is 0 Å². The van der Waals surface area contributed by atoms with E-state index in [1.807, 2.05) is 11.9 Å². The summed E-state index contributed by atoms with van der Waals surface area (Å²) in [5, 5.41) is 3.18. The van der Waals surface area contributed by atoms with Gasteiger partial charge in [-0.2, -0.15) is 0 Å². The third kappa shape index (κ3) is 1.53. The van der Waals surface area contributed by atoms with Crippen molar-refractivity contribution in [1.82, 2.24) is 10.2 Å². The van der Waals surface area contributed by atoms with E-state index in [4.69, 9.17) is 4.74 Å². The summed E-state index contributed by atoms with van der Waals surface area (Å²) < 4.78 is 5.23. The Hall–Kier alpha value is -0.610. The van der Waals surface area contributed by atoms with Crippen LogP contribution in [0.2, 0.25) is 0 Å². The number of carbonyl (C=O) groups is 1. The molecule has 0 atom stereocenters. The molecule has 0 bridgehead atoms. The van der Waals surface area contributed by atoms with E-state index in [0.717, 1.165) is 32.4 Å². The average Bonchev–Trinajstić information content (AvgIpc) is 2.18. The van der Waals surface area contributed by atoms with Gasteiger partial charge >= 0.3 is 0 Å². The molecule has 1 aliphatic carbocycles. The van der Waals surface area contributed by atoms with Gasteiger partial charge in [0.05, 0.1) is 18.8 Å². The number of nitrogens with one attached hydrogen (secondary N) is 1. The van der Waals surface area contributed by atoms with Crippen molar-refractivity contribution in [3.8, 4) is 0 Å². The third-order valence-corrected chi connectivity index (χ3v) is 3.39. The van der Waals surface area contributed by atoms with Crippen LogP contribution in [0.25, 0.3) is 0 Å². The highest BCUT2D eigenvalue weighted by atomic mass is 16.5. The van der Waals surface area contributed by atoms with Gasteiger partial charge in [0.2, 0.25) is 5.91 Å². The SMILES string of the molecule is CNC1(C(=O)N2CCOCC2)CCC1. The Labute approximate surface area is 84.6 Å². The molecule has 1 amide bonds. The molecule has 0 aromatic carbocycles. The fourth-order valence-electron chi connectivity index (χ4n) is 2.17. The van der Waals surface area contributed by atoms with Crippen LogP contribution in [0.15, 0.2) is 0 Å². The molecule has 1 heterocycles. The lowest BCUT2D eigenvalue weighted by Gasteiger charge is -2.44. The Morgan fingerprint density at radius 2 is 2.00 bits per heavy atom. The molecule has 2 fully saturated rings. The number of carbonyl (C=O) groups excluding carboxylic acids is 1. The van der Waals surface area contributed by atoms with E-state index in [1.165, 1.54) is 0 Å². The van der Waals surface area contributed by atoms with Gasteiger partial charge in [-0.25, -0.2) is 0 Å². The van der Waals surface area contributed by atoms with Crippen LogP contribution in [0.1, 0.15) is 19.3 Å². The van der Waals surface area contributed by atoms with Crippen LogP contribution in [-0.2, 0) is 9.53 Å². The van der Waals surface area contributed by atoms with Gasteiger partial charge < -0.3 is 15.0 Å². The number of morpholine rings is 1. The van der Waals surface area contributed by atoms with Gasteiger partial charge in [-0.1, -0.05) is 0 Å². The maximum Gasteiger partial charge on any atom is 0.243 e. The number of rotatable bonds is 2. The second-order valence-corrected chi connectivity index (χ2v) is 4.09. The lowest BCUT2D eigenvalue weighted by Crippen LogP contribution is -2.62. The number of likely N-dealkylation sites (N-methyl/N-ethyl adjacent to an activating group) is 1. The second kappa shape index (κ2) is 3.87. The highest BCUT2D eigenvalue weighted by Crippen LogP contribution is 2.33. The van der Waals surface area contributed by atoms with Gasteiger partial charge in [0, 0.05) is 13.1 Å². The standard InChI is InChI=1S/C10H18N2O2/c1-11-10(3-2-4-10)9(13)12-5-7-14-8-6-12/h11H,2-8H2,1H3. The topological polar surface area (TPSA) is 41.6 Å². The maximum atomic E-state index is 12.1. The Morgan fingerprint density at radius 3 is 2.43 bits per heavy atom. The normalized spacial score (nSPS) is 25.6. The molecule has 0 aromatic heterocycles. The lowest BCUT2D eigenvalue weighted by molar-refractivity contribution is -0.146. The van der Waals surface area contributed by atoms with Crippen LogP contribution in [0.5, 0.6) is 0 Å². The van der Waals surface area contributed by atoms with Crippen LogP contribution in [-0.4, -0.2) is 49.7 Å². The zero-order chi connectivity index (χ0) is 10.0. The predicted octanol–water partition coefficient (Wildman–Crippen LogP) is -0.0127. The van der Waals surface area contributed by atoms with Crippen molar-refractivity contribution < 1.29 is 9.53 Å². The second-order valence-electron chi connectivity index (χ2n) is 4.09. The van der Waals surface area contributed by atoms with Gasteiger partial charge in [-0.05, 0) is 26.3 Å². The third-order valence-electron chi connectivity index (χ3n) is 3.39. The summed E-state index contributed by atoms with van der Waals surface area (Å²) in [5.74, 6) is 0.273. The van der Waals surface area contributed by atoms with Crippen molar-refractivity contribution in [2.75, 3.05) is 33.4 Å². The number of ether oxygens (including phenoxy) is 1. The number of nitrogens with zero attached hydrogens (tertiary/aromatic N) is 1. The summed E-state index contributed by atoms with van der Waals surface area (Å²) in [6.07, 6.45) is 3.14. The van der Waals surface area contributed by atoms with Gasteiger partial charge in [0.25, 0.3) is 0 Å². The van der Waals surface area contributed by atoms with Crippen LogP contribution in [0.3, 0.4) is 0 Å². The van der Waals surface area contributed by atoms with Crippen molar-refractivity contribution in [3.05, 3.63) is 0 Å². The molecule has 2 rings (SSSR count). The molecule has 2 aliphatic rings. The molecule has 14 heavy (non-hydrogen) atoms. The van der Waals surface area contributed by atoms with Crippen molar-refractivity contribution in [2.45, 2.75) is 24.8 Å². The summed E-state index contributed by atoms with van der Waals surface area (Å²) in [6.45, 7) is 2.88. The van der Waals surface area contributed by atoms with Crippen molar-refractivity contribution in [3.63, 3.8) is 0 Å². The van der Waals surface area contributed by atoms with E-state index in [9.17, 15) is 4.79 Å². The fourth-order valence-corrected chi connectivity index (χ4v) is 2.17. The Bertz CT molecular complexity index is 215. The molecule has 1 N–H and O–H groups in total. The van der Waals surface area contributed by atoms with Crippen LogP contribution >= 0.6 is 0 Å². The zero-order valence-electron chi connectivity index (χ0n) is 8.71. The van der Waals surface area contributed by atoms with E-state index in [0.29, 0.717) is 13.2 Å². The predicted molar refractivity (Wildman–Crippen MR) is 53.0 cm³/mol. The van der Waals surface area contributed by atoms with Crippen LogP contribution in [0.4, 0.5) is 0 Å². The molecule has 4 nitrogen and oxygen atoms in total. The highest BCUT2D eigenvalue weighted by molar-refractivity contribution is 5.87. The number of hydrogen-bond acceptors (Lipinski definition) is 3. The molecule has 0 aromatic rings. The fraction of sp³-hybridized carbons (Fsp3) is 0.900. The van der Waals surface area contributed by atoms with Crippen LogP contribution in [0, 0.1) is 0 Å². The largest absolute Gasteiger partial charge is 0.378 e. The van der Waals surface area contributed by atoms with E-state index in [1.54, 1.807) is 0 Å². The molecule has 4 heteroatoms. The summed E-state index contributed by atoms with van der Waals surface area (Å²) in [4.78, 5) is 14.1. The Morgan fingerprint density at radius 1 is 1.36 bits per heavy atom. The first-order valence-corrected chi connectivity index (χ1v) is 5.34. The van der Waals surface area contributed by atoms with Crippen molar-refractivity contribution in [1.29, 1.82) is 0 Å². The maximum absolute atomic E-state index is 12.1. The van der Waals surface area contributed by atoms with Gasteiger partial charge in [-0.3, -0.25) is 4.79 Å². The molecular formula is C10H18N2O2. The number of hydrogen-bond donors (Lipinski definition) is 1. The number of amides is 1. The first-order chi connectivity index (χ1) is 6.78. The Balaban J connectivity index is 1.98. The summed E-state index contributed by atoms with van der Waals surface area (Å²) >= 11 is 0. The molecular weight excluding hydrogens is 180 g/mol. The lowest BCUT2D eigenvalue weighted by atomic mass is 9.75. The van der Waals surface area contributed by atoms with Gasteiger partial charge in [-0.15, -0.1) is 0 Å². The Kier molecular flexibility index (Phi) is 2.74. The highest BCUT2D eigenvalue weighted by Gasteiger charge is 2.45. The molecule has 1 saturated carbocycles. The van der Waals surface area contributed by atoms with E-state index >= 15 is 0 Å². The smallest absolute Gasteiger partial charge is 0.243 e. The molecule has 1 saturated heterocycles. The van der Waals surface area contributed by atoms with Gasteiger partial charge in [0.15, 0.2) is 0 Å². The first-order valence-electron chi connectivity index (χ1n) is 5.34. The molecule has 0 unspecified atom stereocenters. The summed E-state index contributed by atoms with van der Waals surface area (Å²) in [7, 11) is 1.89. The van der Waals surface area contributed by atoms with Crippen LogP contribution < -0.4 is 5.32 Å². The molecule has 0 spiro atoms. The average molecular weight is 198 g/mol. The molecule has 1 aliphatic heterocycles. The van der Waals surface area contributed by atoms with E-state index in [-0.39, 0.29) is 11.4 Å². The minimum Gasteiger partial charge on any atom is -0.378 e. The minimum absolute atomic E-state index is 0.239. The van der Waals surface area contributed by atoms with Crippen molar-refractivity contribution >= 4 is 5.91 Å². The molecule has 80 valence electrons. The summed E-state index contributed by atoms with van der Waals surface area (Å²) in [6, 6.07) is 0. The first kappa shape index (κ1) is 9.93. The zero-order valence-corrected chi connectivity index (χ0v) is 8.71. The monoisotopic (exact) mass is 198 g/mol. The quantitative estimate of drug-likeness (QED) is 0.678. The minimum atomic E-state index is -0.239. The molecule has 0 radical (unpaired) electrons. The van der Waals surface area contributed by atoms with E-state index < -0.39 is 0 Å². The summed E-state index contributed by atoms with van der Waals surface area (Å²) in [5.41, 5.74) is -0.239. The van der Waals surface area contributed by atoms with E-state index in [2.05, 4.69) is 5.32 Å².